The van der Waals surface area contributed by atoms with E-state index >= 15 is 0 Å². The molecule has 0 fully saturated rings. The molecule has 4 heterocycles. The minimum atomic E-state index is 0.131. The Kier molecular flexibility index (Phi) is 4.44. The smallest absolute Gasteiger partial charge is 0.192 e. The van der Waals surface area contributed by atoms with Crippen molar-refractivity contribution in [3.63, 3.8) is 0 Å². The van der Waals surface area contributed by atoms with E-state index in [1.54, 1.807) is 22.7 Å². The molecule has 0 aliphatic heterocycles. The third kappa shape index (κ3) is 2.89. The number of benzene rings is 3. The zero-order valence-corrected chi connectivity index (χ0v) is 19.8. The van der Waals surface area contributed by atoms with E-state index in [0.29, 0.717) is 6.42 Å². The molecule has 0 aliphatic carbocycles. The Bertz CT molecular complexity index is 1830. The van der Waals surface area contributed by atoms with Gasteiger partial charge in [-0.1, -0.05) is 48.5 Å². The van der Waals surface area contributed by atoms with Gasteiger partial charge in [-0.05, 0) is 63.0 Å². The summed E-state index contributed by atoms with van der Waals surface area (Å²) in [6.07, 6.45) is 0.625. The van der Waals surface area contributed by atoms with Crippen LogP contribution < -0.4 is 5.43 Å². The molecule has 2 nitrogen and oxygen atoms in total. The quantitative estimate of drug-likeness (QED) is 0.237. The maximum Gasteiger partial charge on any atom is 0.192 e. The van der Waals surface area contributed by atoms with Crippen LogP contribution in [-0.2, 0) is 6.42 Å². The van der Waals surface area contributed by atoms with Gasteiger partial charge >= 0.3 is 0 Å². The highest BCUT2D eigenvalue weighted by Gasteiger charge is 2.25. The van der Waals surface area contributed by atoms with Crippen molar-refractivity contribution in [2.45, 2.75) is 6.42 Å². The summed E-state index contributed by atoms with van der Waals surface area (Å²) < 4.78 is 2.32. The molecular formula is C30H19NOS2. The van der Waals surface area contributed by atoms with Crippen LogP contribution in [0.4, 0.5) is 0 Å². The van der Waals surface area contributed by atoms with Gasteiger partial charge in [0.2, 0.25) is 0 Å². The fourth-order valence-corrected chi connectivity index (χ4v) is 6.48. The fraction of sp³-hybridized carbons (Fsp3) is 0.0333. The SMILES string of the molecule is O=c1c(Cc2ccccc2)cc2cc3ccccc3n3c(-c4ccsc4)c(-c4ccsc4)c1c23. The van der Waals surface area contributed by atoms with Crippen molar-refractivity contribution in [3.8, 4) is 22.4 Å². The van der Waals surface area contributed by atoms with Crippen LogP contribution in [0.25, 0.3) is 49.6 Å². The van der Waals surface area contributed by atoms with Crippen molar-refractivity contribution in [2.75, 3.05) is 0 Å². The molecule has 0 N–H and O–H groups in total. The van der Waals surface area contributed by atoms with Gasteiger partial charge in [-0.15, -0.1) is 0 Å². The van der Waals surface area contributed by atoms with Crippen LogP contribution in [-0.4, -0.2) is 4.40 Å². The molecule has 4 heteroatoms. The Morgan fingerprint density at radius 2 is 1.47 bits per heavy atom. The molecule has 0 aliphatic rings. The van der Waals surface area contributed by atoms with Gasteiger partial charge in [0, 0.05) is 33.9 Å². The van der Waals surface area contributed by atoms with Crippen molar-refractivity contribution in [3.05, 3.63) is 122 Å². The largest absolute Gasteiger partial charge is 0.307 e. The summed E-state index contributed by atoms with van der Waals surface area (Å²) in [4.78, 5) is 14.2. The maximum atomic E-state index is 14.2. The van der Waals surface area contributed by atoms with Crippen molar-refractivity contribution in [1.82, 2.24) is 4.40 Å². The van der Waals surface area contributed by atoms with Crippen LogP contribution in [0.15, 0.2) is 105 Å². The summed E-state index contributed by atoms with van der Waals surface area (Å²) in [5.74, 6) is 0. The number of pyridine rings is 1. The number of aromatic nitrogens is 1. The van der Waals surface area contributed by atoms with Crippen LogP contribution in [0.1, 0.15) is 11.1 Å². The van der Waals surface area contributed by atoms with E-state index in [1.165, 1.54) is 5.39 Å². The second-order valence-corrected chi connectivity index (χ2v) is 10.2. The van der Waals surface area contributed by atoms with Crippen molar-refractivity contribution >= 4 is 49.9 Å². The van der Waals surface area contributed by atoms with Gasteiger partial charge in [0.1, 0.15) is 0 Å². The number of para-hydroxylation sites is 1. The third-order valence-corrected chi connectivity index (χ3v) is 7.99. The summed E-state index contributed by atoms with van der Waals surface area (Å²) in [5, 5.41) is 11.7. The molecule has 162 valence electrons. The zero-order chi connectivity index (χ0) is 22.6. The molecule has 3 aromatic carbocycles. The molecule has 0 atom stereocenters. The number of fused-ring (bicyclic) bond motifs is 2. The van der Waals surface area contributed by atoms with Crippen molar-refractivity contribution in [1.29, 1.82) is 0 Å². The number of hydrogen-bond acceptors (Lipinski definition) is 3. The van der Waals surface area contributed by atoms with E-state index in [1.807, 2.05) is 18.2 Å². The highest BCUT2D eigenvalue weighted by molar-refractivity contribution is 7.08. The van der Waals surface area contributed by atoms with E-state index < -0.39 is 0 Å². The monoisotopic (exact) mass is 473 g/mol. The number of thiophene rings is 2. The summed E-state index contributed by atoms with van der Waals surface area (Å²) >= 11 is 3.35. The normalized spacial score (nSPS) is 11.8. The number of hydrogen-bond donors (Lipinski definition) is 0. The van der Waals surface area contributed by atoms with Gasteiger partial charge in [-0.2, -0.15) is 22.7 Å². The molecule has 7 rings (SSSR count). The molecule has 34 heavy (non-hydrogen) atoms. The second kappa shape index (κ2) is 7.66. The van der Waals surface area contributed by atoms with Crippen LogP contribution >= 0.6 is 22.7 Å². The zero-order valence-electron chi connectivity index (χ0n) is 18.2. The first-order chi connectivity index (χ1) is 16.8. The minimum absolute atomic E-state index is 0.131. The van der Waals surface area contributed by atoms with Crippen LogP contribution in [0.2, 0.25) is 0 Å². The lowest BCUT2D eigenvalue weighted by molar-refractivity contribution is 1.18. The van der Waals surface area contributed by atoms with Gasteiger partial charge in [-0.25, -0.2) is 0 Å². The molecule has 0 amide bonds. The van der Waals surface area contributed by atoms with Crippen LogP contribution in [0.3, 0.4) is 0 Å². The van der Waals surface area contributed by atoms with E-state index in [2.05, 4.69) is 86.6 Å². The highest BCUT2D eigenvalue weighted by atomic mass is 32.1. The van der Waals surface area contributed by atoms with E-state index in [0.717, 1.165) is 55.3 Å². The lowest BCUT2D eigenvalue weighted by Crippen LogP contribution is -2.10. The summed E-state index contributed by atoms with van der Waals surface area (Å²) in [5.41, 5.74) is 8.66. The minimum Gasteiger partial charge on any atom is -0.307 e. The molecular weight excluding hydrogens is 454 g/mol. The first-order valence-corrected chi connectivity index (χ1v) is 13.1. The Labute approximate surface area is 204 Å². The average Bonchev–Trinajstić information content (AvgIpc) is 3.63. The Balaban J connectivity index is 1.70. The Morgan fingerprint density at radius 1 is 0.735 bits per heavy atom. The topological polar surface area (TPSA) is 21.5 Å². The first-order valence-electron chi connectivity index (χ1n) is 11.2. The Morgan fingerprint density at radius 3 is 2.24 bits per heavy atom. The molecule has 0 bridgehead atoms. The predicted octanol–water partition coefficient (Wildman–Crippen LogP) is 8.09. The van der Waals surface area contributed by atoms with E-state index in [9.17, 15) is 4.79 Å². The third-order valence-electron chi connectivity index (χ3n) is 6.62. The fourth-order valence-electron chi connectivity index (χ4n) is 5.19. The first kappa shape index (κ1) is 19.7. The van der Waals surface area contributed by atoms with Gasteiger partial charge in [0.15, 0.2) is 5.43 Å². The number of rotatable bonds is 4. The second-order valence-electron chi connectivity index (χ2n) is 8.63. The maximum absolute atomic E-state index is 14.2. The lowest BCUT2D eigenvalue weighted by atomic mass is 9.96. The van der Waals surface area contributed by atoms with Gasteiger partial charge in [-0.3, -0.25) is 4.79 Å². The molecule has 0 unspecified atom stereocenters. The van der Waals surface area contributed by atoms with E-state index in [-0.39, 0.29) is 5.43 Å². The standard InChI is InChI=1S/C30H19NOS2/c32-30-24(14-19-6-2-1-3-7-19)16-23-15-20-8-4-5-9-25(20)31-28(22-11-13-34-18-22)26(27(30)29(23)31)21-10-12-33-17-21/h1-13,15-18H,14H2. The molecule has 4 aromatic heterocycles. The summed E-state index contributed by atoms with van der Waals surface area (Å²) in [6, 6.07) is 27.4. The summed E-state index contributed by atoms with van der Waals surface area (Å²) in [6.45, 7) is 0. The Hall–Kier alpha value is -3.73. The average molecular weight is 474 g/mol. The molecule has 0 saturated heterocycles. The number of nitrogens with zero attached hydrogens (tertiary/aromatic N) is 1. The molecule has 0 radical (unpaired) electrons. The van der Waals surface area contributed by atoms with Crippen LogP contribution in [0.5, 0.6) is 0 Å². The van der Waals surface area contributed by atoms with E-state index in [4.69, 9.17) is 0 Å². The van der Waals surface area contributed by atoms with Crippen molar-refractivity contribution < 1.29 is 0 Å². The molecule has 7 aromatic rings. The van der Waals surface area contributed by atoms with Gasteiger partial charge < -0.3 is 4.40 Å². The van der Waals surface area contributed by atoms with Crippen LogP contribution in [0, 0.1) is 0 Å². The molecule has 0 spiro atoms. The van der Waals surface area contributed by atoms with Gasteiger partial charge in [0.25, 0.3) is 0 Å². The summed E-state index contributed by atoms with van der Waals surface area (Å²) in [7, 11) is 0. The highest BCUT2D eigenvalue weighted by Crippen LogP contribution is 2.44. The molecule has 0 saturated carbocycles. The lowest BCUT2D eigenvalue weighted by Gasteiger charge is -2.10. The predicted molar refractivity (Wildman–Crippen MR) is 146 cm³/mol. The van der Waals surface area contributed by atoms with Crippen molar-refractivity contribution in [2.24, 2.45) is 0 Å². The van der Waals surface area contributed by atoms with Gasteiger partial charge in [0.05, 0.1) is 22.1 Å².